The highest BCUT2D eigenvalue weighted by atomic mass is 19.4. The van der Waals surface area contributed by atoms with Crippen molar-refractivity contribution >= 4 is 17.6 Å². The summed E-state index contributed by atoms with van der Waals surface area (Å²) in [6.07, 6.45) is -2.39. The molecule has 10 heteroatoms. The van der Waals surface area contributed by atoms with Gasteiger partial charge in [0.15, 0.2) is 0 Å². The van der Waals surface area contributed by atoms with Gasteiger partial charge in [0.25, 0.3) is 5.91 Å². The van der Waals surface area contributed by atoms with Crippen LogP contribution in [0.25, 0.3) is 0 Å². The van der Waals surface area contributed by atoms with Gasteiger partial charge < -0.3 is 20.5 Å². The van der Waals surface area contributed by atoms with E-state index in [9.17, 15) is 22.8 Å². The fraction of sp³-hybridized carbons (Fsp3) is 0.423. The molecule has 0 bridgehead atoms. The highest BCUT2D eigenvalue weighted by Gasteiger charge is 2.35. The van der Waals surface area contributed by atoms with Crippen LogP contribution >= 0.6 is 0 Å². The summed E-state index contributed by atoms with van der Waals surface area (Å²) in [6, 6.07) is 9.41. The zero-order chi connectivity index (χ0) is 26.5. The number of nitrogens with one attached hydrogen (secondary N) is 2. The number of hydrogen-bond acceptors (Lipinski definition) is 5. The Morgan fingerprint density at radius 1 is 1.17 bits per heavy atom. The average Bonchev–Trinajstić information content (AvgIpc) is 2.86. The standard InChI is InChI=1S/C26H28F3N3O4/c1-15(20-11-17(13-30)5-10-23(20)36-2)32-22-9-8-19(12-21(22)26(27,28)29)24(33)31-14-16-3-6-18(7-4-16)25(34)35/h5,8-12,15-16,18,32H,3-4,6-7,14H2,1-2H3,(H,31,33)(H,34,35)/t15-,16?,18?/m0/s1. The summed E-state index contributed by atoms with van der Waals surface area (Å²) in [7, 11) is 1.43. The zero-order valence-corrected chi connectivity index (χ0v) is 20.0. The lowest BCUT2D eigenvalue weighted by Crippen LogP contribution is -2.32. The van der Waals surface area contributed by atoms with Gasteiger partial charge in [-0.05, 0) is 74.9 Å². The number of halogens is 3. The van der Waals surface area contributed by atoms with Gasteiger partial charge in [-0.1, -0.05) is 0 Å². The number of anilines is 1. The minimum absolute atomic E-state index is 0.0904. The van der Waals surface area contributed by atoms with Crippen molar-refractivity contribution in [2.45, 2.75) is 44.8 Å². The molecule has 0 unspecified atom stereocenters. The van der Waals surface area contributed by atoms with Crippen LogP contribution in [0.2, 0.25) is 0 Å². The maximum absolute atomic E-state index is 13.9. The maximum Gasteiger partial charge on any atom is 0.418 e. The molecule has 1 atom stereocenters. The number of carboxylic acid groups (broad SMARTS) is 1. The Balaban J connectivity index is 1.74. The molecule has 1 fully saturated rings. The largest absolute Gasteiger partial charge is 0.496 e. The fourth-order valence-corrected chi connectivity index (χ4v) is 4.45. The molecule has 2 aromatic rings. The number of carboxylic acids is 1. The van der Waals surface area contributed by atoms with Crippen LogP contribution in [-0.4, -0.2) is 30.6 Å². The minimum atomic E-state index is -4.72. The van der Waals surface area contributed by atoms with Crippen molar-refractivity contribution < 1.29 is 32.6 Å². The topological polar surface area (TPSA) is 111 Å². The molecule has 0 spiro atoms. The van der Waals surface area contributed by atoms with E-state index in [4.69, 9.17) is 15.1 Å². The number of carbonyl (C=O) groups is 2. The number of aliphatic carboxylic acids is 1. The predicted octanol–water partition coefficient (Wildman–Crippen LogP) is 5.38. The molecular weight excluding hydrogens is 475 g/mol. The minimum Gasteiger partial charge on any atom is -0.496 e. The third kappa shape index (κ3) is 6.47. The number of carbonyl (C=O) groups excluding carboxylic acids is 1. The molecule has 1 saturated carbocycles. The molecule has 2 aromatic carbocycles. The molecule has 7 nitrogen and oxygen atoms in total. The van der Waals surface area contributed by atoms with Gasteiger partial charge in [0, 0.05) is 23.4 Å². The molecule has 0 aromatic heterocycles. The molecular formula is C26H28F3N3O4. The molecule has 0 saturated heterocycles. The van der Waals surface area contributed by atoms with E-state index in [1.165, 1.54) is 19.2 Å². The van der Waals surface area contributed by atoms with Crippen molar-refractivity contribution in [2.75, 3.05) is 19.0 Å². The van der Waals surface area contributed by atoms with Crippen molar-refractivity contribution in [2.24, 2.45) is 11.8 Å². The number of amides is 1. The summed E-state index contributed by atoms with van der Waals surface area (Å²) < 4.78 is 47.0. The number of nitriles is 1. The highest BCUT2D eigenvalue weighted by Crippen LogP contribution is 2.38. The highest BCUT2D eigenvalue weighted by molar-refractivity contribution is 5.95. The number of hydrogen-bond donors (Lipinski definition) is 3. The third-order valence-electron chi connectivity index (χ3n) is 6.53. The van der Waals surface area contributed by atoms with Gasteiger partial charge in [-0.15, -0.1) is 0 Å². The summed E-state index contributed by atoms with van der Waals surface area (Å²) in [6.45, 7) is 1.93. The van der Waals surface area contributed by atoms with Crippen LogP contribution in [-0.2, 0) is 11.0 Å². The van der Waals surface area contributed by atoms with Crippen LogP contribution in [0.3, 0.4) is 0 Å². The predicted molar refractivity (Wildman–Crippen MR) is 127 cm³/mol. The lowest BCUT2D eigenvalue weighted by Gasteiger charge is -2.26. The molecule has 1 aliphatic rings. The lowest BCUT2D eigenvalue weighted by molar-refractivity contribution is -0.143. The van der Waals surface area contributed by atoms with E-state index in [0.717, 1.165) is 6.07 Å². The van der Waals surface area contributed by atoms with Gasteiger partial charge in [-0.3, -0.25) is 9.59 Å². The van der Waals surface area contributed by atoms with Crippen LogP contribution in [0.1, 0.15) is 65.7 Å². The SMILES string of the molecule is COc1ccc(C#N)cc1[C@H](C)Nc1ccc(C(=O)NCC2CCC(C(=O)O)CC2)cc1C(F)(F)F. The molecule has 1 amide bonds. The Kier molecular flexibility index (Phi) is 8.45. The summed E-state index contributed by atoms with van der Waals surface area (Å²) in [5, 5.41) is 23.8. The normalized spacial score (nSPS) is 18.6. The van der Waals surface area contributed by atoms with Crippen molar-refractivity contribution in [1.29, 1.82) is 5.26 Å². The fourth-order valence-electron chi connectivity index (χ4n) is 4.45. The smallest absolute Gasteiger partial charge is 0.418 e. The van der Waals surface area contributed by atoms with Crippen LogP contribution in [0.4, 0.5) is 18.9 Å². The second-order valence-corrected chi connectivity index (χ2v) is 8.96. The Morgan fingerprint density at radius 2 is 1.86 bits per heavy atom. The van der Waals surface area contributed by atoms with E-state index in [-0.39, 0.29) is 29.6 Å². The van der Waals surface area contributed by atoms with Crippen LogP contribution in [0.15, 0.2) is 36.4 Å². The second kappa shape index (κ2) is 11.3. The van der Waals surface area contributed by atoms with Gasteiger partial charge >= 0.3 is 12.1 Å². The number of nitrogens with zero attached hydrogens (tertiary/aromatic N) is 1. The molecule has 0 aliphatic heterocycles. The number of methoxy groups -OCH3 is 1. The first kappa shape index (κ1) is 26.9. The molecule has 0 radical (unpaired) electrons. The maximum atomic E-state index is 13.9. The van der Waals surface area contributed by atoms with E-state index in [0.29, 0.717) is 42.6 Å². The van der Waals surface area contributed by atoms with Crippen LogP contribution in [0, 0.1) is 23.2 Å². The van der Waals surface area contributed by atoms with Crippen molar-refractivity contribution in [3.05, 3.63) is 58.7 Å². The van der Waals surface area contributed by atoms with E-state index in [1.807, 2.05) is 6.07 Å². The first-order valence-corrected chi connectivity index (χ1v) is 11.6. The number of alkyl halides is 3. The quantitative estimate of drug-likeness (QED) is 0.446. The van der Waals surface area contributed by atoms with E-state index >= 15 is 0 Å². The summed E-state index contributed by atoms with van der Waals surface area (Å²) >= 11 is 0. The Labute approximate surface area is 207 Å². The van der Waals surface area contributed by atoms with Crippen LogP contribution < -0.4 is 15.4 Å². The van der Waals surface area contributed by atoms with E-state index in [1.54, 1.807) is 25.1 Å². The Morgan fingerprint density at radius 3 is 2.44 bits per heavy atom. The van der Waals surface area contributed by atoms with Gasteiger partial charge in [0.1, 0.15) is 5.75 Å². The van der Waals surface area contributed by atoms with Gasteiger partial charge in [0.2, 0.25) is 0 Å². The van der Waals surface area contributed by atoms with Gasteiger partial charge in [-0.25, -0.2) is 0 Å². The number of rotatable bonds is 8. The Bertz CT molecular complexity index is 1150. The first-order chi connectivity index (χ1) is 17.0. The molecule has 3 N–H and O–H groups in total. The summed E-state index contributed by atoms with van der Waals surface area (Å²) in [5.74, 6) is -1.31. The molecule has 36 heavy (non-hydrogen) atoms. The van der Waals surface area contributed by atoms with Gasteiger partial charge in [-0.2, -0.15) is 18.4 Å². The first-order valence-electron chi connectivity index (χ1n) is 11.6. The molecule has 0 heterocycles. The second-order valence-electron chi connectivity index (χ2n) is 8.96. The molecule has 192 valence electrons. The summed E-state index contributed by atoms with van der Waals surface area (Å²) in [4.78, 5) is 23.7. The van der Waals surface area contributed by atoms with Crippen LogP contribution in [0.5, 0.6) is 5.75 Å². The van der Waals surface area contributed by atoms with E-state index in [2.05, 4.69) is 10.6 Å². The summed E-state index contributed by atoms with van der Waals surface area (Å²) in [5.41, 5.74) is -0.450. The van der Waals surface area contributed by atoms with E-state index < -0.39 is 29.7 Å². The lowest BCUT2D eigenvalue weighted by atomic mass is 9.82. The van der Waals surface area contributed by atoms with Gasteiger partial charge in [0.05, 0.1) is 36.3 Å². The number of benzene rings is 2. The van der Waals surface area contributed by atoms with Crippen molar-refractivity contribution in [3.8, 4) is 11.8 Å². The zero-order valence-electron chi connectivity index (χ0n) is 20.0. The Hall–Kier alpha value is -3.74. The average molecular weight is 504 g/mol. The number of ether oxygens (including phenoxy) is 1. The van der Waals surface area contributed by atoms with Crippen molar-refractivity contribution in [1.82, 2.24) is 5.32 Å². The molecule has 1 aliphatic carbocycles. The monoisotopic (exact) mass is 503 g/mol. The molecule has 3 rings (SSSR count). The third-order valence-corrected chi connectivity index (χ3v) is 6.53. The van der Waals surface area contributed by atoms with Crippen molar-refractivity contribution in [3.63, 3.8) is 0 Å².